The number of hydrogen-bond acceptors (Lipinski definition) is 4. The van der Waals surface area contributed by atoms with Crippen LogP contribution < -0.4 is 4.74 Å². The van der Waals surface area contributed by atoms with E-state index in [4.69, 9.17) is 4.74 Å². The smallest absolute Gasteiger partial charge is 0.226 e. The maximum atomic E-state index is 12.8. The molecule has 2 fully saturated rings. The SMILES string of the molecule is COc1ccccc1[C@@H]1C[C@H]1C(=O)N1CCC(c2ncn[nH]2)CC1. The second-order valence-electron chi connectivity index (χ2n) is 6.66. The Balaban J connectivity index is 1.36. The minimum absolute atomic E-state index is 0.114. The molecule has 24 heavy (non-hydrogen) atoms. The van der Waals surface area contributed by atoms with Crippen LogP contribution in [0.1, 0.15) is 42.5 Å². The zero-order valence-electron chi connectivity index (χ0n) is 13.8. The summed E-state index contributed by atoms with van der Waals surface area (Å²) in [6, 6.07) is 8.03. The molecule has 0 unspecified atom stereocenters. The second kappa shape index (κ2) is 6.26. The molecule has 2 atom stereocenters. The van der Waals surface area contributed by atoms with Gasteiger partial charge in [-0.05, 0) is 36.8 Å². The average molecular weight is 326 g/mol. The summed E-state index contributed by atoms with van der Waals surface area (Å²) < 4.78 is 5.43. The lowest BCUT2D eigenvalue weighted by Crippen LogP contribution is -2.39. The fourth-order valence-electron chi connectivity index (χ4n) is 3.80. The number of benzene rings is 1. The van der Waals surface area contributed by atoms with Gasteiger partial charge < -0.3 is 9.64 Å². The van der Waals surface area contributed by atoms with Crippen molar-refractivity contribution in [3.8, 4) is 5.75 Å². The third kappa shape index (κ3) is 2.77. The topological polar surface area (TPSA) is 71.1 Å². The van der Waals surface area contributed by atoms with Crippen molar-refractivity contribution in [2.24, 2.45) is 5.92 Å². The van der Waals surface area contributed by atoms with E-state index in [2.05, 4.69) is 21.2 Å². The summed E-state index contributed by atoms with van der Waals surface area (Å²) in [4.78, 5) is 19.1. The molecule has 1 aromatic carbocycles. The number of nitrogens with one attached hydrogen (secondary N) is 1. The highest BCUT2D eigenvalue weighted by atomic mass is 16.5. The number of carbonyl (C=O) groups is 1. The summed E-state index contributed by atoms with van der Waals surface area (Å²) in [5, 5.41) is 6.87. The molecule has 2 aromatic rings. The van der Waals surface area contributed by atoms with Gasteiger partial charge in [-0.25, -0.2) is 4.98 Å². The summed E-state index contributed by atoms with van der Waals surface area (Å²) in [7, 11) is 1.69. The highest BCUT2D eigenvalue weighted by Gasteiger charge is 2.47. The number of amides is 1. The van der Waals surface area contributed by atoms with Crippen molar-refractivity contribution >= 4 is 5.91 Å². The number of aromatic nitrogens is 3. The zero-order valence-corrected chi connectivity index (χ0v) is 13.8. The van der Waals surface area contributed by atoms with E-state index in [0.29, 0.717) is 17.7 Å². The second-order valence-corrected chi connectivity index (χ2v) is 6.66. The van der Waals surface area contributed by atoms with Crippen molar-refractivity contribution in [2.75, 3.05) is 20.2 Å². The van der Waals surface area contributed by atoms with Crippen LogP contribution in [0.2, 0.25) is 0 Å². The van der Waals surface area contributed by atoms with Gasteiger partial charge in [0.15, 0.2) is 0 Å². The van der Waals surface area contributed by atoms with E-state index >= 15 is 0 Å². The number of likely N-dealkylation sites (tertiary alicyclic amines) is 1. The largest absolute Gasteiger partial charge is 0.496 e. The lowest BCUT2D eigenvalue weighted by molar-refractivity contribution is -0.133. The van der Waals surface area contributed by atoms with Crippen LogP contribution in [-0.2, 0) is 4.79 Å². The number of H-pyrrole nitrogens is 1. The van der Waals surface area contributed by atoms with Crippen LogP contribution in [0.15, 0.2) is 30.6 Å². The molecule has 1 saturated heterocycles. The van der Waals surface area contributed by atoms with Crippen LogP contribution in [0.3, 0.4) is 0 Å². The molecule has 6 nitrogen and oxygen atoms in total. The molecule has 1 amide bonds. The van der Waals surface area contributed by atoms with E-state index < -0.39 is 0 Å². The Morgan fingerprint density at radius 2 is 2.08 bits per heavy atom. The van der Waals surface area contributed by atoms with Gasteiger partial charge in [0.05, 0.1) is 7.11 Å². The molecule has 1 aromatic heterocycles. The number of aromatic amines is 1. The van der Waals surface area contributed by atoms with Crippen molar-refractivity contribution < 1.29 is 9.53 Å². The van der Waals surface area contributed by atoms with Crippen LogP contribution >= 0.6 is 0 Å². The summed E-state index contributed by atoms with van der Waals surface area (Å²) in [6.07, 6.45) is 4.39. The third-order valence-electron chi connectivity index (χ3n) is 5.27. The van der Waals surface area contributed by atoms with Crippen LogP contribution in [0.5, 0.6) is 5.75 Å². The fraction of sp³-hybridized carbons (Fsp3) is 0.500. The summed E-state index contributed by atoms with van der Waals surface area (Å²) in [5.41, 5.74) is 1.16. The van der Waals surface area contributed by atoms with Crippen LogP contribution in [-0.4, -0.2) is 46.2 Å². The molecule has 1 saturated carbocycles. The molecule has 1 aliphatic carbocycles. The first-order valence-corrected chi connectivity index (χ1v) is 8.55. The summed E-state index contributed by atoms with van der Waals surface area (Å²) in [6.45, 7) is 1.61. The fourth-order valence-corrected chi connectivity index (χ4v) is 3.80. The van der Waals surface area contributed by atoms with Crippen LogP contribution in [0.4, 0.5) is 0 Å². The minimum Gasteiger partial charge on any atom is -0.496 e. The Hall–Kier alpha value is -2.37. The molecule has 6 heteroatoms. The van der Waals surface area contributed by atoms with Crippen LogP contribution in [0.25, 0.3) is 0 Å². The Labute approximate surface area is 141 Å². The maximum absolute atomic E-state index is 12.8. The molecule has 1 aliphatic heterocycles. The lowest BCUT2D eigenvalue weighted by Gasteiger charge is -2.31. The standard InChI is InChI=1S/C18H22N4O2/c1-24-16-5-3-2-4-13(16)14-10-15(14)18(23)22-8-6-12(7-9-22)17-19-11-20-21-17/h2-5,11-12,14-15H,6-10H2,1H3,(H,19,20,21)/t14-,15+/m0/s1. The molecule has 126 valence electrons. The van der Waals surface area contributed by atoms with Gasteiger partial charge in [0.25, 0.3) is 0 Å². The first-order chi connectivity index (χ1) is 11.8. The van der Waals surface area contributed by atoms with E-state index in [0.717, 1.165) is 49.5 Å². The number of rotatable bonds is 4. The molecule has 0 bridgehead atoms. The van der Waals surface area contributed by atoms with Gasteiger partial charge in [0.1, 0.15) is 17.9 Å². The third-order valence-corrected chi connectivity index (χ3v) is 5.27. The molecule has 4 rings (SSSR count). The highest BCUT2D eigenvalue weighted by Crippen LogP contribution is 2.51. The number of nitrogens with zero attached hydrogens (tertiary/aromatic N) is 3. The number of para-hydroxylation sites is 1. The van der Waals surface area contributed by atoms with Gasteiger partial charge in [-0.2, -0.15) is 5.10 Å². The van der Waals surface area contributed by atoms with Crippen molar-refractivity contribution in [3.63, 3.8) is 0 Å². The highest BCUT2D eigenvalue weighted by molar-refractivity contribution is 5.83. The maximum Gasteiger partial charge on any atom is 0.226 e. The number of carbonyl (C=O) groups excluding carboxylic acids is 1. The predicted octanol–water partition coefficient (Wildman–Crippen LogP) is 2.32. The van der Waals surface area contributed by atoms with E-state index in [1.165, 1.54) is 0 Å². The number of hydrogen-bond donors (Lipinski definition) is 1. The Morgan fingerprint density at radius 1 is 1.29 bits per heavy atom. The molecule has 0 spiro atoms. The average Bonchev–Trinajstić information content (AvgIpc) is 3.25. The van der Waals surface area contributed by atoms with Gasteiger partial charge in [-0.3, -0.25) is 9.89 Å². The first kappa shape index (κ1) is 15.2. The monoisotopic (exact) mass is 326 g/mol. The van der Waals surface area contributed by atoms with E-state index in [9.17, 15) is 4.79 Å². The van der Waals surface area contributed by atoms with Gasteiger partial charge in [-0.15, -0.1) is 0 Å². The summed E-state index contributed by atoms with van der Waals surface area (Å²) >= 11 is 0. The number of ether oxygens (including phenoxy) is 1. The quantitative estimate of drug-likeness (QED) is 0.936. The van der Waals surface area contributed by atoms with Crippen molar-refractivity contribution in [2.45, 2.75) is 31.1 Å². The summed E-state index contributed by atoms with van der Waals surface area (Å²) in [5.74, 6) is 2.94. The van der Waals surface area contributed by atoms with Crippen molar-refractivity contribution in [1.29, 1.82) is 0 Å². The first-order valence-electron chi connectivity index (χ1n) is 8.55. The lowest BCUT2D eigenvalue weighted by atomic mass is 9.95. The van der Waals surface area contributed by atoms with Crippen LogP contribution in [0, 0.1) is 5.92 Å². The normalized spacial score (nSPS) is 24.0. The Morgan fingerprint density at radius 3 is 2.79 bits per heavy atom. The van der Waals surface area contributed by atoms with Gasteiger partial charge >= 0.3 is 0 Å². The Bertz CT molecular complexity index is 708. The van der Waals surface area contributed by atoms with E-state index in [1.807, 2.05) is 23.1 Å². The predicted molar refractivity (Wildman–Crippen MR) is 88.8 cm³/mol. The minimum atomic E-state index is 0.114. The van der Waals surface area contributed by atoms with Crippen molar-refractivity contribution in [1.82, 2.24) is 20.1 Å². The van der Waals surface area contributed by atoms with Gasteiger partial charge in [-0.1, -0.05) is 18.2 Å². The van der Waals surface area contributed by atoms with Gasteiger partial charge in [0.2, 0.25) is 5.91 Å². The van der Waals surface area contributed by atoms with E-state index in [1.54, 1.807) is 13.4 Å². The Kier molecular flexibility index (Phi) is 3.96. The molecular formula is C18H22N4O2. The number of methoxy groups -OCH3 is 1. The van der Waals surface area contributed by atoms with Gasteiger partial charge in [0, 0.05) is 24.9 Å². The van der Waals surface area contributed by atoms with Crippen molar-refractivity contribution in [3.05, 3.63) is 42.0 Å². The molecule has 2 heterocycles. The molecular weight excluding hydrogens is 304 g/mol. The zero-order chi connectivity index (χ0) is 16.5. The number of piperidine rings is 1. The molecule has 2 aliphatic rings. The molecule has 1 N–H and O–H groups in total. The van der Waals surface area contributed by atoms with E-state index in [-0.39, 0.29) is 5.92 Å². The molecule has 0 radical (unpaired) electrons.